The molecule has 1 unspecified atom stereocenters. The van der Waals surface area contributed by atoms with Gasteiger partial charge in [-0.05, 0) is 24.5 Å². The van der Waals surface area contributed by atoms with E-state index in [9.17, 15) is 4.79 Å². The zero-order chi connectivity index (χ0) is 11.4. The second kappa shape index (κ2) is 5.51. The molecule has 1 aromatic rings. The standard InChI is InChI=1S/C13H17NOS/c1-10(15)8-11-2-4-12(5-3-11)9-13-14-6-7-16-13/h2-5,13-14H,6-9H2,1H3. The average molecular weight is 235 g/mol. The lowest BCUT2D eigenvalue weighted by Gasteiger charge is -2.09. The first-order valence-corrected chi connectivity index (χ1v) is 6.71. The normalized spacial score (nSPS) is 19.9. The van der Waals surface area contributed by atoms with E-state index in [-0.39, 0.29) is 5.78 Å². The van der Waals surface area contributed by atoms with Crippen LogP contribution in [0.15, 0.2) is 24.3 Å². The van der Waals surface area contributed by atoms with Gasteiger partial charge in [-0.2, -0.15) is 0 Å². The van der Waals surface area contributed by atoms with Gasteiger partial charge in [0, 0.05) is 18.7 Å². The fourth-order valence-electron chi connectivity index (χ4n) is 1.91. The van der Waals surface area contributed by atoms with E-state index >= 15 is 0 Å². The molecule has 16 heavy (non-hydrogen) atoms. The predicted molar refractivity (Wildman–Crippen MR) is 68.8 cm³/mol. The van der Waals surface area contributed by atoms with Crippen LogP contribution in [-0.4, -0.2) is 23.5 Å². The van der Waals surface area contributed by atoms with Gasteiger partial charge in [-0.1, -0.05) is 24.3 Å². The Kier molecular flexibility index (Phi) is 4.02. The number of thioether (sulfide) groups is 1. The fraction of sp³-hybridized carbons (Fsp3) is 0.462. The van der Waals surface area contributed by atoms with Crippen molar-refractivity contribution in [2.75, 3.05) is 12.3 Å². The first-order valence-electron chi connectivity index (χ1n) is 5.66. The van der Waals surface area contributed by atoms with Gasteiger partial charge in [0.25, 0.3) is 0 Å². The van der Waals surface area contributed by atoms with Crippen LogP contribution in [0.1, 0.15) is 18.1 Å². The maximum Gasteiger partial charge on any atom is 0.134 e. The lowest BCUT2D eigenvalue weighted by atomic mass is 10.1. The molecule has 0 spiro atoms. The van der Waals surface area contributed by atoms with Gasteiger partial charge in [0.05, 0.1) is 5.37 Å². The molecule has 0 aliphatic carbocycles. The summed E-state index contributed by atoms with van der Waals surface area (Å²) in [7, 11) is 0. The summed E-state index contributed by atoms with van der Waals surface area (Å²) >= 11 is 1.99. The highest BCUT2D eigenvalue weighted by molar-refractivity contribution is 8.00. The van der Waals surface area contributed by atoms with Crippen molar-refractivity contribution in [3.05, 3.63) is 35.4 Å². The van der Waals surface area contributed by atoms with E-state index in [0.29, 0.717) is 11.8 Å². The van der Waals surface area contributed by atoms with Crippen LogP contribution in [0.5, 0.6) is 0 Å². The van der Waals surface area contributed by atoms with Gasteiger partial charge in [0.2, 0.25) is 0 Å². The molecule has 1 atom stereocenters. The lowest BCUT2D eigenvalue weighted by molar-refractivity contribution is -0.116. The maximum absolute atomic E-state index is 11.0. The molecule has 86 valence electrons. The molecule has 1 N–H and O–H groups in total. The molecule has 1 fully saturated rings. The zero-order valence-electron chi connectivity index (χ0n) is 9.53. The Morgan fingerprint density at radius 1 is 1.38 bits per heavy atom. The van der Waals surface area contributed by atoms with E-state index in [0.717, 1.165) is 18.5 Å². The van der Waals surface area contributed by atoms with Gasteiger partial charge >= 0.3 is 0 Å². The number of ketones is 1. The van der Waals surface area contributed by atoms with Crippen molar-refractivity contribution in [3.63, 3.8) is 0 Å². The summed E-state index contributed by atoms with van der Waals surface area (Å²) in [4.78, 5) is 11.0. The first kappa shape index (κ1) is 11.7. The highest BCUT2D eigenvalue weighted by Gasteiger charge is 2.14. The molecule has 2 rings (SSSR count). The summed E-state index contributed by atoms with van der Waals surface area (Å²) in [5, 5.41) is 4.03. The van der Waals surface area contributed by atoms with Gasteiger partial charge in [-0.15, -0.1) is 11.8 Å². The van der Waals surface area contributed by atoms with Crippen molar-refractivity contribution < 1.29 is 4.79 Å². The highest BCUT2D eigenvalue weighted by Crippen LogP contribution is 2.18. The molecule has 1 aliphatic heterocycles. The number of hydrogen-bond donors (Lipinski definition) is 1. The van der Waals surface area contributed by atoms with Crippen LogP contribution in [0.25, 0.3) is 0 Å². The van der Waals surface area contributed by atoms with Gasteiger partial charge < -0.3 is 5.32 Å². The molecule has 1 saturated heterocycles. The Morgan fingerprint density at radius 3 is 2.62 bits per heavy atom. The summed E-state index contributed by atoms with van der Waals surface area (Å²) in [6, 6.07) is 8.41. The first-order chi connectivity index (χ1) is 7.74. The predicted octanol–water partition coefficient (Wildman–Crippen LogP) is 2.02. The van der Waals surface area contributed by atoms with Crippen LogP contribution in [0.3, 0.4) is 0 Å². The average Bonchev–Trinajstić information content (AvgIpc) is 2.73. The highest BCUT2D eigenvalue weighted by atomic mass is 32.2. The lowest BCUT2D eigenvalue weighted by Crippen LogP contribution is -2.21. The minimum atomic E-state index is 0.223. The smallest absolute Gasteiger partial charge is 0.134 e. The summed E-state index contributed by atoms with van der Waals surface area (Å²) in [6.07, 6.45) is 1.63. The van der Waals surface area contributed by atoms with Crippen molar-refractivity contribution in [1.82, 2.24) is 5.32 Å². The zero-order valence-corrected chi connectivity index (χ0v) is 10.3. The largest absolute Gasteiger partial charge is 0.304 e. The van der Waals surface area contributed by atoms with E-state index in [1.807, 2.05) is 11.8 Å². The maximum atomic E-state index is 11.0. The molecule has 0 saturated carbocycles. The monoisotopic (exact) mass is 235 g/mol. The number of Topliss-reactive ketones (excluding diaryl/α,β-unsaturated/α-hetero) is 1. The molecule has 0 amide bonds. The molecule has 1 aliphatic rings. The van der Waals surface area contributed by atoms with Crippen LogP contribution in [-0.2, 0) is 17.6 Å². The van der Waals surface area contributed by atoms with Crippen molar-refractivity contribution in [1.29, 1.82) is 0 Å². The molecule has 1 aromatic carbocycles. The Balaban J connectivity index is 1.93. The van der Waals surface area contributed by atoms with Crippen LogP contribution in [0.4, 0.5) is 0 Å². The molecule has 3 heteroatoms. The van der Waals surface area contributed by atoms with E-state index < -0.39 is 0 Å². The number of carbonyl (C=O) groups is 1. The third-order valence-corrected chi connectivity index (χ3v) is 3.87. The van der Waals surface area contributed by atoms with Gasteiger partial charge in [-0.3, -0.25) is 4.79 Å². The third-order valence-electron chi connectivity index (χ3n) is 2.69. The Morgan fingerprint density at radius 2 is 2.06 bits per heavy atom. The van der Waals surface area contributed by atoms with Crippen molar-refractivity contribution in [2.45, 2.75) is 25.1 Å². The summed E-state index contributed by atoms with van der Waals surface area (Å²) < 4.78 is 0. The van der Waals surface area contributed by atoms with Crippen LogP contribution < -0.4 is 5.32 Å². The summed E-state index contributed by atoms with van der Waals surface area (Å²) in [5.74, 6) is 1.44. The van der Waals surface area contributed by atoms with Crippen molar-refractivity contribution in [3.8, 4) is 0 Å². The summed E-state index contributed by atoms with van der Waals surface area (Å²) in [6.45, 7) is 2.75. The molecule has 0 radical (unpaired) electrons. The second-order valence-electron chi connectivity index (χ2n) is 4.21. The Labute approximate surface area is 101 Å². The summed E-state index contributed by atoms with van der Waals surface area (Å²) in [5.41, 5.74) is 2.46. The van der Waals surface area contributed by atoms with Crippen molar-refractivity contribution in [2.24, 2.45) is 0 Å². The number of rotatable bonds is 4. The van der Waals surface area contributed by atoms with E-state index in [1.165, 1.54) is 11.3 Å². The van der Waals surface area contributed by atoms with Crippen LogP contribution in [0, 0.1) is 0 Å². The number of nitrogens with one attached hydrogen (secondary N) is 1. The van der Waals surface area contributed by atoms with E-state index in [2.05, 4.69) is 29.6 Å². The molecule has 1 heterocycles. The Bertz CT molecular complexity index is 355. The fourth-order valence-corrected chi connectivity index (χ4v) is 2.97. The topological polar surface area (TPSA) is 29.1 Å². The van der Waals surface area contributed by atoms with E-state index in [4.69, 9.17) is 0 Å². The molecule has 0 aromatic heterocycles. The molecule has 0 bridgehead atoms. The van der Waals surface area contributed by atoms with Crippen LogP contribution >= 0.6 is 11.8 Å². The minimum absolute atomic E-state index is 0.223. The van der Waals surface area contributed by atoms with E-state index in [1.54, 1.807) is 6.92 Å². The SMILES string of the molecule is CC(=O)Cc1ccc(CC2NCCS2)cc1. The Hall–Kier alpha value is -0.800. The van der Waals surface area contributed by atoms with Crippen molar-refractivity contribution >= 4 is 17.5 Å². The number of hydrogen-bond acceptors (Lipinski definition) is 3. The van der Waals surface area contributed by atoms with Gasteiger partial charge in [0.15, 0.2) is 0 Å². The molecule has 2 nitrogen and oxygen atoms in total. The number of carbonyl (C=O) groups excluding carboxylic acids is 1. The molecular formula is C13H17NOS. The minimum Gasteiger partial charge on any atom is -0.304 e. The number of benzene rings is 1. The quantitative estimate of drug-likeness (QED) is 0.865. The third kappa shape index (κ3) is 3.35. The van der Waals surface area contributed by atoms with Crippen LogP contribution in [0.2, 0.25) is 0 Å². The second-order valence-corrected chi connectivity index (χ2v) is 5.52. The van der Waals surface area contributed by atoms with Gasteiger partial charge in [0.1, 0.15) is 5.78 Å². The van der Waals surface area contributed by atoms with Gasteiger partial charge in [-0.25, -0.2) is 0 Å². The molecular weight excluding hydrogens is 218 g/mol.